The summed E-state index contributed by atoms with van der Waals surface area (Å²) in [5.41, 5.74) is 1.58. The number of aryl methyl sites for hydroxylation is 1. The number of allylic oxidation sites excluding steroid dienone is 1. The van der Waals surface area contributed by atoms with Gasteiger partial charge in [0, 0.05) is 62.1 Å². The number of pyridine rings is 1. The Morgan fingerprint density at radius 1 is 1.24 bits per heavy atom. The highest BCUT2D eigenvalue weighted by Gasteiger charge is 2.50. The van der Waals surface area contributed by atoms with Crippen molar-refractivity contribution in [3.05, 3.63) is 69.5 Å². The molecule has 200 valence electrons. The van der Waals surface area contributed by atoms with Gasteiger partial charge in [-0.15, -0.1) is 0 Å². The Hall–Kier alpha value is -3.02. The maximum atomic E-state index is 14.9. The lowest BCUT2D eigenvalue weighted by atomic mass is 9.84. The van der Waals surface area contributed by atoms with Crippen LogP contribution in [0.1, 0.15) is 62.0 Å². The fraction of sp³-hybridized carbons (Fsp3) is 0.483. The first kappa shape index (κ1) is 26.6. The Bertz CT molecular complexity index is 1360. The fourth-order valence-electron chi connectivity index (χ4n) is 5.98. The zero-order chi connectivity index (χ0) is 27.4. The van der Waals surface area contributed by atoms with E-state index in [0.29, 0.717) is 66.6 Å². The largest absolute Gasteiger partial charge is 0.479 e. The summed E-state index contributed by atoms with van der Waals surface area (Å²) in [6.07, 6.45) is 2.38. The molecule has 1 spiro atoms. The molecule has 9 heteroatoms. The molecule has 0 N–H and O–H groups in total. The molecule has 0 unspecified atom stereocenters. The van der Waals surface area contributed by atoms with Gasteiger partial charge in [0.2, 0.25) is 5.91 Å². The number of piperidine rings is 1. The average molecular weight is 541 g/mol. The molecule has 5 rings (SSSR count). The van der Waals surface area contributed by atoms with Crippen molar-refractivity contribution >= 4 is 23.3 Å². The molecule has 3 aliphatic heterocycles. The molecule has 38 heavy (non-hydrogen) atoms. The Balaban J connectivity index is 1.40. The van der Waals surface area contributed by atoms with E-state index in [9.17, 15) is 18.8 Å². The maximum absolute atomic E-state index is 14.9. The Morgan fingerprint density at radius 2 is 1.95 bits per heavy atom. The van der Waals surface area contributed by atoms with Gasteiger partial charge in [0.15, 0.2) is 5.60 Å². The highest BCUT2D eigenvalue weighted by atomic mass is 35.5. The molecular formula is C29H31ClF2N4O2. The average Bonchev–Trinajstić information content (AvgIpc) is 3.41. The minimum atomic E-state index is -0.736. The molecule has 2 atom stereocenters. The lowest BCUT2D eigenvalue weighted by Gasteiger charge is -2.40. The number of hydrogen-bond acceptors (Lipinski definition) is 5. The normalized spacial score (nSPS) is 23.9. The number of carbonyl (C=O) groups excluding carboxylic acids is 1. The molecule has 2 saturated heterocycles. The first-order valence-electron chi connectivity index (χ1n) is 12.9. The third kappa shape index (κ3) is 4.56. The second kappa shape index (κ2) is 9.62. The molecule has 4 heterocycles. The second-order valence-corrected chi connectivity index (χ2v) is 11.9. The molecule has 0 saturated carbocycles. The topological polar surface area (TPSA) is 69.5 Å². The number of halogens is 3. The quantitative estimate of drug-likeness (QED) is 0.467. The van der Waals surface area contributed by atoms with Crippen LogP contribution in [0, 0.1) is 35.8 Å². The van der Waals surface area contributed by atoms with E-state index in [1.807, 2.05) is 17.9 Å². The number of hydrogen-bond donors (Lipinski definition) is 0. The SMILES string of the molecule is Cc1nc2c(cc1Cl)/C(=C\C#N)OC21CCN(C(=O)[C@@H]2CN(C(C)(C)C)C[C@H]2c2ccc(F)cc2F)CC1. The van der Waals surface area contributed by atoms with E-state index in [0.717, 1.165) is 11.8 Å². The van der Waals surface area contributed by atoms with Crippen molar-refractivity contribution in [2.45, 2.75) is 57.6 Å². The van der Waals surface area contributed by atoms with Crippen molar-refractivity contribution in [3.8, 4) is 6.07 Å². The number of nitrogens with zero attached hydrogens (tertiary/aromatic N) is 4. The molecule has 1 aromatic heterocycles. The number of likely N-dealkylation sites (tertiary alicyclic amines) is 2. The fourth-order valence-corrected chi connectivity index (χ4v) is 6.13. The zero-order valence-electron chi connectivity index (χ0n) is 22.0. The van der Waals surface area contributed by atoms with Gasteiger partial charge in [0.05, 0.1) is 34.5 Å². The van der Waals surface area contributed by atoms with Gasteiger partial charge in [-0.2, -0.15) is 5.26 Å². The van der Waals surface area contributed by atoms with Crippen LogP contribution >= 0.6 is 11.6 Å². The van der Waals surface area contributed by atoms with Gasteiger partial charge < -0.3 is 9.64 Å². The number of amides is 1. The summed E-state index contributed by atoms with van der Waals surface area (Å²) in [6.45, 7) is 9.94. The standard InChI is InChI=1S/C29H31ClF2N4O2/c1-17-23(30)14-20-25(7-10-33)38-29(26(20)34-17)8-11-35(12-9-29)27(37)22-16-36(28(2,3)4)15-21(22)19-6-5-18(31)13-24(19)32/h5-7,13-14,21-22H,8-9,11-12,15-16H2,1-4H3/b25-7+/t21-,22+/m0/s1. The van der Waals surface area contributed by atoms with Crippen LogP contribution in [-0.4, -0.2) is 52.4 Å². The zero-order valence-corrected chi connectivity index (χ0v) is 22.8. The molecule has 3 aliphatic rings. The van der Waals surface area contributed by atoms with Crippen molar-refractivity contribution < 1.29 is 18.3 Å². The van der Waals surface area contributed by atoms with Gasteiger partial charge in [-0.05, 0) is 45.4 Å². The van der Waals surface area contributed by atoms with Gasteiger partial charge in [-0.3, -0.25) is 14.7 Å². The summed E-state index contributed by atoms with van der Waals surface area (Å²) < 4.78 is 34.8. The van der Waals surface area contributed by atoms with Crippen LogP contribution < -0.4 is 0 Å². The summed E-state index contributed by atoms with van der Waals surface area (Å²) in [5, 5.41) is 9.77. The maximum Gasteiger partial charge on any atom is 0.227 e. The van der Waals surface area contributed by atoms with Crippen molar-refractivity contribution in [2.24, 2.45) is 5.92 Å². The highest BCUT2D eigenvalue weighted by Crippen LogP contribution is 2.49. The molecule has 0 bridgehead atoms. The molecule has 1 amide bonds. The van der Waals surface area contributed by atoms with E-state index in [2.05, 4.69) is 25.7 Å². The molecular weight excluding hydrogens is 510 g/mol. The van der Waals surface area contributed by atoms with Crippen LogP contribution in [0.4, 0.5) is 8.78 Å². The van der Waals surface area contributed by atoms with E-state index >= 15 is 0 Å². The van der Waals surface area contributed by atoms with E-state index in [1.165, 1.54) is 18.2 Å². The van der Waals surface area contributed by atoms with Crippen LogP contribution in [0.3, 0.4) is 0 Å². The lowest BCUT2D eigenvalue weighted by molar-refractivity contribution is -0.139. The number of nitriles is 1. The summed E-state index contributed by atoms with van der Waals surface area (Å²) in [5.74, 6) is -1.67. The predicted molar refractivity (Wildman–Crippen MR) is 140 cm³/mol. The van der Waals surface area contributed by atoms with Crippen LogP contribution in [0.5, 0.6) is 0 Å². The third-order valence-electron chi connectivity index (χ3n) is 8.18. The third-order valence-corrected chi connectivity index (χ3v) is 8.56. The highest BCUT2D eigenvalue weighted by molar-refractivity contribution is 6.31. The second-order valence-electron chi connectivity index (χ2n) is 11.5. The van der Waals surface area contributed by atoms with Crippen molar-refractivity contribution in [3.63, 3.8) is 0 Å². The Kier molecular flexibility index (Phi) is 6.73. The van der Waals surface area contributed by atoms with Gasteiger partial charge in [-0.25, -0.2) is 8.78 Å². The van der Waals surface area contributed by atoms with Crippen molar-refractivity contribution in [1.82, 2.24) is 14.8 Å². The molecule has 2 fully saturated rings. The number of benzene rings is 1. The Labute approximate surface area is 226 Å². The van der Waals surface area contributed by atoms with Gasteiger partial charge in [0.1, 0.15) is 17.4 Å². The van der Waals surface area contributed by atoms with Crippen LogP contribution in [0.15, 0.2) is 30.3 Å². The summed E-state index contributed by atoms with van der Waals surface area (Å²) in [6, 6.07) is 7.44. The van der Waals surface area contributed by atoms with Crippen LogP contribution in [0.25, 0.3) is 5.76 Å². The van der Waals surface area contributed by atoms with Crippen LogP contribution in [0.2, 0.25) is 5.02 Å². The number of aromatic nitrogens is 1. The predicted octanol–water partition coefficient (Wildman–Crippen LogP) is 5.55. The van der Waals surface area contributed by atoms with Crippen molar-refractivity contribution in [1.29, 1.82) is 5.26 Å². The molecule has 0 radical (unpaired) electrons. The van der Waals surface area contributed by atoms with Gasteiger partial charge in [0.25, 0.3) is 0 Å². The van der Waals surface area contributed by atoms with E-state index in [-0.39, 0.29) is 17.4 Å². The minimum absolute atomic E-state index is 0.0356. The van der Waals surface area contributed by atoms with E-state index in [4.69, 9.17) is 21.3 Å². The molecule has 1 aromatic carbocycles. The van der Waals surface area contributed by atoms with E-state index in [1.54, 1.807) is 6.07 Å². The van der Waals surface area contributed by atoms with E-state index < -0.39 is 23.2 Å². The number of rotatable bonds is 2. The monoisotopic (exact) mass is 540 g/mol. The molecule has 6 nitrogen and oxygen atoms in total. The van der Waals surface area contributed by atoms with Crippen LogP contribution in [-0.2, 0) is 15.1 Å². The summed E-state index contributed by atoms with van der Waals surface area (Å²) in [7, 11) is 0. The Morgan fingerprint density at radius 3 is 2.58 bits per heavy atom. The number of carbonyl (C=O) groups is 1. The van der Waals surface area contributed by atoms with Gasteiger partial charge >= 0.3 is 0 Å². The molecule has 2 aromatic rings. The first-order valence-corrected chi connectivity index (χ1v) is 13.3. The molecule has 0 aliphatic carbocycles. The minimum Gasteiger partial charge on any atom is -0.479 e. The smallest absolute Gasteiger partial charge is 0.227 e. The number of ether oxygens (including phenoxy) is 1. The lowest BCUT2D eigenvalue weighted by Crippen LogP contribution is -2.48. The first-order chi connectivity index (χ1) is 17.9. The number of fused-ring (bicyclic) bond motifs is 2. The van der Waals surface area contributed by atoms with Gasteiger partial charge in [-0.1, -0.05) is 17.7 Å². The van der Waals surface area contributed by atoms with Crippen molar-refractivity contribution in [2.75, 3.05) is 26.2 Å². The summed E-state index contributed by atoms with van der Waals surface area (Å²) in [4.78, 5) is 22.7. The summed E-state index contributed by atoms with van der Waals surface area (Å²) >= 11 is 6.32.